The van der Waals surface area contributed by atoms with Crippen molar-refractivity contribution in [2.75, 3.05) is 38.2 Å². The molecule has 0 fully saturated rings. The predicted octanol–water partition coefficient (Wildman–Crippen LogP) is 8.66. The second-order valence-corrected chi connectivity index (χ2v) is 9.00. The first-order valence-corrected chi connectivity index (χ1v) is 12.9. The summed E-state index contributed by atoms with van der Waals surface area (Å²) in [5.74, 6) is 3.10. The number of nitrogens with zero attached hydrogens (tertiary/aromatic N) is 2. The summed E-state index contributed by atoms with van der Waals surface area (Å²) in [5.41, 5.74) is 5.76. The number of hydrogen-bond acceptors (Lipinski definition) is 6. The van der Waals surface area contributed by atoms with Crippen LogP contribution in [0.4, 0.5) is 34.1 Å². The molecule has 0 radical (unpaired) electrons. The summed E-state index contributed by atoms with van der Waals surface area (Å²) < 4.78 is 22.2. The lowest BCUT2D eigenvalue weighted by Gasteiger charge is -2.30. The van der Waals surface area contributed by atoms with Crippen molar-refractivity contribution in [3.63, 3.8) is 0 Å². The highest BCUT2D eigenvalue weighted by Crippen LogP contribution is 2.42. The number of benzene rings is 5. The van der Waals surface area contributed by atoms with Crippen LogP contribution in [-0.2, 0) is 0 Å². The van der Waals surface area contributed by atoms with E-state index in [1.54, 1.807) is 28.4 Å². The Hall–Kier alpha value is -5.10. The van der Waals surface area contributed by atoms with Gasteiger partial charge in [-0.2, -0.15) is 0 Å². The van der Waals surface area contributed by atoms with E-state index in [0.717, 1.165) is 57.1 Å². The van der Waals surface area contributed by atoms with Crippen LogP contribution in [-0.4, -0.2) is 28.4 Å². The molecule has 0 saturated heterocycles. The van der Waals surface area contributed by atoms with Crippen LogP contribution in [0.1, 0.15) is 0 Å². The van der Waals surface area contributed by atoms with Crippen LogP contribution >= 0.6 is 0 Å². The maximum atomic E-state index is 5.56. The van der Waals surface area contributed by atoms with Gasteiger partial charge in [0.25, 0.3) is 0 Å². The molecule has 0 heterocycles. The minimum absolute atomic E-state index is 0.774. The maximum Gasteiger partial charge on any atom is 0.120 e. The molecular formula is C34H32N2O4. The smallest absolute Gasteiger partial charge is 0.120 e. The fraction of sp³-hybridized carbons (Fsp3) is 0.118. The molecule has 0 atom stereocenters. The lowest BCUT2D eigenvalue weighted by molar-refractivity contribution is 0.414. The second-order valence-electron chi connectivity index (χ2n) is 9.00. The first-order valence-electron chi connectivity index (χ1n) is 12.9. The Morgan fingerprint density at radius 3 is 0.800 bits per heavy atom. The maximum absolute atomic E-state index is 5.56. The van der Waals surface area contributed by atoms with Crippen molar-refractivity contribution >= 4 is 34.1 Å². The van der Waals surface area contributed by atoms with Crippen LogP contribution in [0.3, 0.4) is 0 Å². The Labute approximate surface area is 235 Å². The minimum Gasteiger partial charge on any atom is -0.497 e. The van der Waals surface area contributed by atoms with Gasteiger partial charge < -0.3 is 28.7 Å². The van der Waals surface area contributed by atoms with Gasteiger partial charge in [0.2, 0.25) is 0 Å². The van der Waals surface area contributed by atoms with Crippen LogP contribution in [0, 0.1) is 0 Å². The molecule has 0 N–H and O–H groups in total. The topological polar surface area (TPSA) is 43.4 Å². The van der Waals surface area contributed by atoms with Gasteiger partial charge in [-0.15, -0.1) is 0 Å². The zero-order valence-electron chi connectivity index (χ0n) is 23.1. The molecule has 0 aliphatic rings. The quantitative estimate of drug-likeness (QED) is 0.179. The molecule has 40 heavy (non-hydrogen) atoms. The molecule has 0 bridgehead atoms. The molecule has 0 aromatic heterocycles. The molecule has 0 unspecified atom stereocenters. The Balaban J connectivity index is 1.69. The fourth-order valence-electron chi connectivity index (χ4n) is 4.66. The normalized spacial score (nSPS) is 10.5. The molecule has 0 amide bonds. The summed E-state index contributed by atoms with van der Waals surface area (Å²) in [4.78, 5) is 4.37. The fourth-order valence-corrected chi connectivity index (χ4v) is 4.66. The lowest BCUT2D eigenvalue weighted by atomic mass is 10.1. The van der Waals surface area contributed by atoms with E-state index in [0.29, 0.717) is 0 Å². The second kappa shape index (κ2) is 12.2. The number of rotatable bonds is 10. The van der Waals surface area contributed by atoms with Gasteiger partial charge in [-0.25, -0.2) is 0 Å². The van der Waals surface area contributed by atoms with E-state index in [1.807, 2.05) is 72.8 Å². The summed E-state index contributed by atoms with van der Waals surface area (Å²) in [6.45, 7) is 0. The van der Waals surface area contributed by atoms with Gasteiger partial charge in [0.15, 0.2) is 0 Å². The summed E-state index contributed by atoms with van der Waals surface area (Å²) in [6, 6.07) is 40.5. The number of anilines is 6. The highest BCUT2D eigenvalue weighted by Gasteiger charge is 2.18. The van der Waals surface area contributed by atoms with Gasteiger partial charge in [-0.1, -0.05) is 30.3 Å². The largest absolute Gasteiger partial charge is 0.497 e. The average Bonchev–Trinajstić information content (AvgIpc) is 3.02. The molecule has 0 saturated carbocycles. The van der Waals surface area contributed by atoms with E-state index in [1.165, 1.54) is 0 Å². The van der Waals surface area contributed by atoms with Gasteiger partial charge in [0.05, 0.1) is 28.4 Å². The Morgan fingerprint density at radius 2 is 0.550 bits per heavy atom. The molecule has 5 aromatic rings. The third-order valence-corrected chi connectivity index (χ3v) is 6.59. The molecule has 5 aromatic carbocycles. The number of hydrogen-bond donors (Lipinski definition) is 0. The first kappa shape index (κ1) is 26.5. The van der Waals surface area contributed by atoms with Crippen molar-refractivity contribution in [1.82, 2.24) is 0 Å². The summed E-state index contributed by atoms with van der Waals surface area (Å²) in [7, 11) is 6.71. The highest BCUT2D eigenvalue weighted by molar-refractivity contribution is 5.84. The van der Waals surface area contributed by atoms with E-state index in [4.69, 9.17) is 18.9 Å². The van der Waals surface area contributed by atoms with Crippen LogP contribution in [0.2, 0.25) is 0 Å². The molecule has 0 spiro atoms. The van der Waals surface area contributed by atoms with E-state index in [2.05, 4.69) is 58.3 Å². The molecule has 0 aliphatic heterocycles. The number of ether oxygens (including phenoxy) is 4. The molecular weight excluding hydrogens is 500 g/mol. The van der Waals surface area contributed by atoms with E-state index in [9.17, 15) is 0 Å². The van der Waals surface area contributed by atoms with Gasteiger partial charge in [0, 0.05) is 58.4 Å². The van der Waals surface area contributed by atoms with E-state index >= 15 is 0 Å². The van der Waals surface area contributed by atoms with Gasteiger partial charge in [-0.3, -0.25) is 0 Å². The minimum atomic E-state index is 0.774. The standard InChI is InChI=1S/C34H32N2O4/c1-37-31-16-6-12-27(21-31)35(28-13-7-17-32(22-28)38-2)25-10-5-11-26(20-25)36(29-14-8-18-33(23-29)39-3)30-15-9-19-34(24-30)40-4/h5-24H,1-4H3. The lowest BCUT2D eigenvalue weighted by Crippen LogP contribution is -2.13. The molecule has 0 aliphatic carbocycles. The number of methoxy groups -OCH3 is 4. The van der Waals surface area contributed by atoms with Crippen LogP contribution in [0.25, 0.3) is 0 Å². The monoisotopic (exact) mass is 532 g/mol. The van der Waals surface area contributed by atoms with Gasteiger partial charge >= 0.3 is 0 Å². The summed E-state index contributed by atoms with van der Waals surface area (Å²) >= 11 is 0. The van der Waals surface area contributed by atoms with Crippen LogP contribution in [0.15, 0.2) is 121 Å². The molecule has 5 rings (SSSR count). The van der Waals surface area contributed by atoms with Crippen molar-refractivity contribution in [2.45, 2.75) is 0 Å². The first-order chi connectivity index (χ1) is 19.6. The van der Waals surface area contributed by atoms with E-state index in [-0.39, 0.29) is 0 Å². The SMILES string of the molecule is COc1cccc(N(c2cccc(OC)c2)c2cccc(N(c3cccc(OC)c3)c3cccc(OC)c3)c2)c1. The van der Waals surface area contributed by atoms with Crippen molar-refractivity contribution in [2.24, 2.45) is 0 Å². The third-order valence-electron chi connectivity index (χ3n) is 6.59. The zero-order valence-corrected chi connectivity index (χ0v) is 23.1. The van der Waals surface area contributed by atoms with Crippen molar-refractivity contribution in [1.29, 1.82) is 0 Å². The van der Waals surface area contributed by atoms with Crippen LogP contribution in [0.5, 0.6) is 23.0 Å². The molecule has 6 nitrogen and oxygen atoms in total. The molecule has 6 heteroatoms. The Bertz CT molecular complexity index is 1380. The van der Waals surface area contributed by atoms with Crippen molar-refractivity contribution in [3.8, 4) is 23.0 Å². The molecule has 202 valence electrons. The average molecular weight is 533 g/mol. The third kappa shape index (κ3) is 5.66. The Morgan fingerprint density at radius 1 is 0.325 bits per heavy atom. The Kier molecular flexibility index (Phi) is 8.07. The van der Waals surface area contributed by atoms with Gasteiger partial charge in [-0.05, 0) is 66.7 Å². The van der Waals surface area contributed by atoms with E-state index < -0.39 is 0 Å². The summed E-state index contributed by atoms with van der Waals surface area (Å²) in [5, 5.41) is 0. The van der Waals surface area contributed by atoms with Crippen molar-refractivity contribution < 1.29 is 18.9 Å². The predicted molar refractivity (Wildman–Crippen MR) is 162 cm³/mol. The van der Waals surface area contributed by atoms with Crippen molar-refractivity contribution in [3.05, 3.63) is 121 Å². The zero-order chi connectivity index (χ0) is 27.9. The van der Waals surface area contributed by atoms with Gasteiger partial charge in [0.1, 0.15) is 23.0 Å². The highest BCUT2D eigenvalue weighted by atomic mass is 16.5. The summed E-state index contributed by atoms with van der Waals surface area (Å²) in [6.07, 6.45) is 0. The van der Waals surface area contributed by atoms with Crippen LogP contribution < -0.4 is 28.7 Å².